The molecule has 30 heavy (non-hydrogen) atoms. The van der Waals surface area contributed by atoms with Crippen LogP contribution in [-0.2, 0) is 9.84 Å². The molecule has 0 aliphatic rings. The highest BCUT2D eigenvalue weighted by molar-refractivity contribution is 7.91. The molecule has 4 nitrogen and oxygen atoms in total. The average molecular weight is 423 g/mol. The summed E-state index contributed by atoms with van der Waals surface area (Å²) in [5.41, 5.74) is 0.697. The van der Waals surface area contributed by atoms with Crippen molar-refractivity contribution in [2.75, 3.05) is 0 Å². The molecule has 0 saturated carbocycles. The highest BCUT2D eigenvalue weighted by Crippen LogP contribution is 2.34. The van der Waals surface area contributed by atoms with E-state index >= 15 is 0 Å². The highest BCUT2D eigenvalue weighted by Gasteiger charge is 2.31. The van der Waals surface area contributed by atoms with E-state index < -0.39 is 15.1 Å². The SMILES string of the molecule is CC(C)(C)Oc1ccc(C(CC(=O)c2ccccc2)S(=O)(=O)c2ccccc2)cc1. The summed E-state index contributed by atoms with van der Waals surface area (Å²) >= 11 is 0. The van der Waals surface area contributed by atoms with Crippen molar-refractivity contribution in [1.29, 1.82) is 0 Å². The Kier molecular flexibility index (Phi) is 6.42. The van der Waals surface area contributed by atoms with Crippen molar-refractivity contribution in [2.24, 2.45) is 0 Å². The first-order valence-corrected chi connectivity index (χ1v) is 11.4. The van der Waals surface area contributed by atoms with E-state index in [-0.39, 0.29) is 22.7 Å². The normalized spacial score (nSPS) is 12.9. The van der Waals surface area contributed by atoms with Gasteiger partial charge in [0.25, 0.3) is 0 Å². The van der Waals surface area contributed by atoms with E-state index in [1.807, 2.05) is 26.8 Å². The van der Waals surface area contributed by atoms with Gasteiger partial charge in [0.1, 0.15) is 11.4 Å². The predicted molar refractivity (Wildman–Crippen MR) is 119 cm³/mol. The first-order valence-electron chi connectivity index (χ1n) is 9.83. The van der Waals surface area contributed by atoms with Gasteiger partial charge in [-0.1, -0.05) is 60.7 Å². The Morgan fingerprint density at radius 2 is 1.37 bits per heavy atom. The number of sulfone groups is 1. The molecule has 0 N–H and O–H groups in total. The van der Waals surface area contributed by atoms with Gasteiger partial charge in [0, 0.05) is 12.0 Å². The second kappa shape index (κ2) is 8.84. The molecule has 3 rings (SSSR count). The summed E-state index contributed by atoms with van der Waals surface area (Å²) in [4.78, 5) is 13.1. The maximum atomic E-state index is 13.4. The van der Waals surface area contributed by atoms with Crippen LogP contribution in [0.15, 0.2) is 89.8 Å². The number of rotatable bonds is 7. The summed E-state index contributed by atoms with van der Waals surface area (Å²) in [6.45, 7) is 5.84. The molecule has 0 fully saturated rings. The molecule has 3 aromatic carbocycles. The van der Waals surface area contributed by atoms with Crippen molar-refractivity contribution in [1.82, 2.24) is 0 Å². The van der Waals surface area contributed by atoms with Gasteiger partial charge in [-0.05, 0) is 50.6 Å². The van der Waals surface area contributed by atoms with Crippen LogP contribution in [0.25, 0.3) is 0 Å². The molecule has 5 heteroatoms. The summed E-state index contributed by atoms with van der Waals surface area (Å²) in [6.07, 6.45) is -0.138. The molecule has 3 aromatic rings. The van der Waals surface area contributed by atoms with Crippen molar-refractivity contribution in [3.63, 3.8) is 0 Å². The van der Waals surface area contributed by atoms with Crippen molar-refractivity contribution in [2.45, 2.75) is 42.9 Å². The van der Waals surface area contributed by atoms with Crippen LogP contribution in [0.4, 0.5) is 0 Å². The van der Waals surface area contributed by atoms with Gasteiger partial charge < -0.3 is 4.74 Å². The predicted octanol–water partition coefficient (Wildman–Crippen LogP) is 5.65. The fourth-order valence-electron chi connectivity index (χ4n) is 3.20. The zero-order chi connectivity index (χ0) is 21.8. The standard InChI is InChI=1S/C25H26O4S/c1-25(2,3)29-21-16-14-20(15-17-21)24(18-23(26)19-10-6-4-7-11-19)30(27,28)22-12-8-5-9-13-22/h4-17,24H,18H2,1-3H3. The van der Waals surface area contributed by atoms with Crippen LogP contribution in [-0.4, -0.2) is 19.8 Å². The van der Waals surface area contributed by atoms with Gasteiger partial charge in [0.15, 0.2) is 15.6 Å². The molecule has 0 heterocycles. The largest absolute Gasteiger partial charge is 0.488 e. The van der Waals surface area contributed by atoms with Crippen LogP contribution in [0, 0.1) is 0 Å². The first-order chi connectivity index (χ1) is 14.2. The molecule has 0 saturated heterocycles. The number of hydrogen-bond donors (Lipinski definition) is 0. The van der Waals surface area contributed by atoms with Gasteiger partial charge in [-0.15, -0.1) is 0 Å². The number of hydrogen-bond acceptors (Lipinski definition) is 4. The van der Waals surface area contributed by atoms with Crippen LogP contribution in [0.1, 0.15) is 48.4 Å². The molecule has 156 valence electrons. The number of Topliss-reactive ketones (excluding diaryl/α,β-unsaturated/α-hetero) is 1. The molecule has 0 aromatic heterocycles. The summed E-state index contributed by atoms with van der Waals surface area (Å²) in [5, 5.41) is -0.990. The quantitative estimate of drug-likeness (QED) is 0.462. The van der Waals surface area contributed by atoms with E-state index in [2.05, 4.69) is 0 Å². The molecule has 1 atom stereocenters. The van der Waals surface area contributed by atoms with Crippen LogP contribution in [0.5, 0.6) is 5.75 Å². The Hall–Kier alpha value is -2.92. The van der Waals surface area contributed by atoms with Gasteiger partial charge in [-0.25, -0.2) is 8.42 Å². The van der Waals surface area contributed by atoms with Crippen molar-refractivity contribution < 1.29 is 17.9 Å². The third-order valence-electron chi connectivity index (χ3n) is 4.59. The molecule has 0 aliphatic carbocycles. The van der Waals surface area contributed by atoms with Crippen molar-refractivity contribution >= 4 is 15.6 Å². The second-order valence-corrected chi connectivity index (χ2v) is 10.3. The second-order valence-electron chi connectivity index (χ2n) is 8.12. The fourth-order valence-corrected chi connectivity index (χ4v) is 4.95. The monoisotopic (exact) mass is 422 g/mol. The van der Waals surface area contributed by atoms with Crippen molar-refractivity contribution in [3.8, 4) is 5.75 Å². The lowest BCUT2D eigenvalue weighted by Gasteiger charge is -2.22. The van der Waals surface area contributed by atoms with Crippen LogP contribution < -0.4 is 4.74 Å². The van der Waals surface area contributed by atoms with E-state index in [0.717, 1.165) is 0 Å². The zero-order valence-corrected chi connectivity index (χ0v) is 18.2. The molecular formula is C25H26O4S. The smallest absolute Gasteiger partial charge is 0.185 e. The summed E-state index contributed by atoms with van der Waals surface area (Å²) < 4.78 is 32.7. The molecule has 0 radical (unpaired) electrons. The average Bonchev–Trinajstić information content (AvgIpc) is 2.72. The molecule has 0 aliphatic heterocycles. The van der Waals surface area contributed by atoms with Gasteiger partial charge >= 0.3 is 0 Å². The van der Waals surface area contributed by atoms with Gasteiger partial charge in [0.2, 0.25) is 0 Å². The number of benzene rings is 3. The number of carbonyl (C=O) groups excluding carboxylic acids is 1. The first kappa shape index (κ1) is 21.8. The minimum Gasteiger partial charge on any atom is -0.488 e. The van der Waals surface area contributed by atoms with Crippen molar-refractivity contribution in [3.05, 3.63) is 96.1 Å². The number of carbonyl (C=O) groups is 1. The van der Waals surface area contributed by atoms with E-state index in [0.29, 0.717) is 16.9 Å². The zero-order valence-electron chi connectivity index (χ0n) is 17.4. The van der Waals surface area contributed by atoms with E-state index in [1.54, 1.807) is 78.9 Å². The number of ketones is 1. The summed E-state index contributed by atoms with van der Waals surface area (Å²) in [5.74, 6) is 0.437. The molecular weight excluding hydrogens is 396 g/mol. The van der Waals surface area contributed by atoms with Crippen LogP contribution in [0.3, 0.4) is 0 Å². The van der Waals surface area contributed by atoms with E-state index in [4.69, 9.17) is 4.74 Å². The minimum absolute atomic E-state index is 0.138. The third-order valence-corrected chi connectivity index (χ3v) is 6.71. The lowest BCUT2D eigenvalue weighted by Crippen LogP contribution is -2.23. The van der Waals surface area contributed by atoms with E-state index in [1.165, 1.54) is 0 Å². The maximum Gasteiger partial charge on any atom is 0.185 e. The molecule has 0 bridgehead atoms. The molecule has 0 spiro atoms. The highest BCUT2D eigenvalue weighted by atomic mass is 32.2. The lowest BCUT2D eigenvalue weighted by atomic mass is 10.0. The fraction of sp³-hybridized carbons (Fsp3) is 0.240. The Morgan fingerprint density at radius 1 is 0.833 bits per heavy atom. The van der Waals surface area contributed by atoms with E-state index in [9.17, 15) is 13.2 Å². The molecule has 0 amide bonds. The van der Waals surface area contributed by atoms with Gasteiger partial charge in [-0.3, -0.25) is 4.79 Å². The summed E-state index contributed by atoms with van der Waals surface area (Å²) in [7, 11) is -3.77. The Bertz CT molecular complexity index is 1080. The number of ether oxygens (including phenoxy) is 1. The van der Waals surface area contributed by atoms with Crippen LogP contribution >= 0.6 is 0 Å². The maximum absolute atomic E-state index is 13.4. The Labute approximate surface area is 178 Å². The van der Waals surface area contributed by atoms with Gasteiger partial charge in [-0.2, -0.15) is 0 Å². The minimum atomic E-state index is -3.77. The third kappa shape index (κ3) is 5.36. The summed E-state index contributed by atoms with van der Waals surface area (Å²) in [6, 6.07) is 24.0. The Balaban J connectivity index is 1.98. The Morgan fingerprint density at radius 3 is 1.90 bits per heavy atom. The lowest BCUT2D eigenvalue weighted by molar-refractivity contribution is 0.0980. The van der Waals surface area contributed by atoms with Gasteiger partial charge in [0.05, 0.1) is 10.1 Å². The topological polar surface area (TPSA) is 60.4 Å². The van der Waals surface area contributed by atoms with Crippen LogP contribution in [0.2, 0.25) is 0 Å². The molecule has 1 unspecified atom stereocenters.